The minimum atomic E-state index is 0.555. The summed E-state index contributed by atoms with van der Waals surface area (Å²) in [6.45, 7) is 5.05. The highest BCUT2D eigenvalue weighted by Crippen LogP contribution is 2.06. The quantitative estimate of drug-likeness (QED) is 0.448. The van der Waals surface area contributed by atoms with Gasteiger partial charge in [0, 0.05) is 25.7 Å². The number of hydrogen-bond acceptors (Lipinski definition) is 3. The van der Waals surface area contributed by atoms with Gasteiger partial charge in [0.2, 0.25) is 0 Å². The first-order valence-electron chi connectivity index (χ1n) is 5.81. The molecular formula is C12H17N5S. The molecule has 5 nitrogen and oxygen atoms in total. The van der Waals surface area contributed by atoms with Crippen LogP contribution in [0.15, 0.2) is 25.0 Å². The fraction of sp³-hybridized carbons (Fsp3) is 0.417. The van der Waals surface area contributed by atoms with Gasteiger partial charge in [0.15, 0.2) is 5.11 Å². The molecule has 0 aliphatic rings. The van der Waals surface area contributed by atoms with Crippen molar-refractivity contribution in [2.45, 2.75) is 25.8 Å². The summed E-state index contributed by atoms with van der Waals surface area (Å²) in [5.41, 5.74) is 0.858. The van der Waals surface area contributed by atoms with Crippen molar-refractivity contribution in [3.63, 3.8) is 0 Å². The summed E-state index contributed by atoms with van der Waals surface area (Å²) in [6.07, 6.45) is 7.82. The van der Waals surface area contributed by atoms with Crippen LogP contribution in [0.1, 0.15) is 19.3 Å². The lowest BCUT2D eigenvalue weighted by Crippen LogP contribution is -2.28. The van der Waals surface area contributed by atoms with Crippen molar-refractivity contribution in [2.75, 3.05) is 11.9 Å². The summed E-state index contributed by atoms with van der Waals surface area (Å²) in [7, 11) is 0. The summed E-state index contributed by atoms with van der Waals surface area (Å²) in [6, 6.07) is 2.13. The van der Waals surface area contributed by atoms with Gasteiger partial charge in [0.05, 0.1) is 18.0 Å². The van der Waals surface area contributed by atoms with Crippen molar-refractivity contribution < 1.29 is 0 Å². The van der Waals surface area contributed by atoms with Gasteiger partial charge in [-0.3, -0.25) is 4.68 Å². The molecule has 0 fully saturated rings. The summed E-state index contributed by atoms with van der Waals surface area (Å²) in [5, 5.41) is 19.2. The van der Waals surface area contributed by atoms with Crippen molar-refractivity contribution in [1.82, 2.24) is 15.1 Å². The molecule has 18 heavy (non-hydrogen) atoms. The number of hydrogen-bond donors (Lipinski definition) is 2. The van der Waals surface area contributed by atoms with Crippen molar-refractivity contribution in [1.29, 1.82) is 5.26 Å². The molecule has 0 saturated heterocycles. The predicted molar refractivity (Wildman–Crippen MR) is 76.1 cm³/mol. The van der Waals surface area contributed by atoms with Crippen molar-refractivity contribution in [3.8, 4) is 6.07 Å². The third-order valence-corrected chi connectivity index (χ3v) is 2.47. The Kier molecular flexibility index (Phi) is 6.51. The lowest BCUT2D eigenvalue weighted by Gasteiger charge is -2.05. The smallest absolute Gasteiger partial charge is 0.171 e. The highest BCUT2D eigenvalue weighted by molar-refractivity contribution is 7.80. The second kappa shape index (κ2) is 8.25. The zero-order chi connectivity index (χ0) is 13.2. The lowest BCUT2D eigenvalue weighted by molar-refractivity contribution is 0.562. The summed E-state index contributed by atoms with van der Waals surface area (Å²) >= 11 is 5.09. The van der Waals surface area contributed by atoms with E-state index in [9.17, 15) is 0 Å². The molecule has 0 aromatic carbocycles. The first kappa shape index (κ1) is 14.2. The van der Waals surface area contributed by atoms with Crippen LogP contribution in [-0.2, 0) is 6.54 Å². The summed E-state index contributed by atoms with van der Waals surface area (Å²) < 4.78 is 1.84. The number of rotatable bonds is 7. The van der Waals surface area contributed by atoms with E-state index in [0.29, 0.717) is 18.1 Å². The highest BCUT2D eigenvalue weighted by atomic mass is 32.1. The molecule has 2 N–H and O–H groups in total. The number of thiocarbonyl (C=S) groups is 1. The minimum Gasteiger partial charge on any atom is -0.359 e. The molecule has 0 aliphatic heterocycles. The van der Waals surface area contributed by atoms with Gasteiger partial charge in [-0.05, 0) is 25.1 Å². The van der Waals surface area contributed by atoms with Crippen LogP contribution in [-0.4, -0.2) is 21.4 Å². The molecule has 0 saturated carbocycles. The largest absolute Gasteiger partial charge is 0.359 e. The summed E-state index contributed by atoms with van der Waals surface area (Å²) in [5.74, 6) is 0. The van der Waals surface area contributed by atoms with Gasteiger partial charge in [0.25, 0.3) is 0 Å². The maximum absolute atomic E-state index is 8.43. The number of nitriles is 1. The van der Waals surface area contributed by atoms with Gasteiger partial charge in [-0.1, -0.05) is 6.08 Å². The molecule has 1 aromatic heterocycles. The van der Waals surface area contributed by atoms with Crippen LogP contribution in [0.5, 0.6) is 0 Å². The molecule has 1 rings (SSSR count). The fourth-order valence-corrected chi connectivity index (χ4v) is 1.57. The van der Waals surface area contributed by atoms with Gasteiger partial charge in [-0.2, -0.15) is 10.4 Å². The van der Waals surface area contributed by atoms with E-state index in [1.54, 1.807) is 12.3 Å². The number of aryl methyl sites for hydroxylation is 1. The molecule has 0 bridgehead atoms. The molecule has 0 atom stereocenters. The van der Waals surface area contributed by atoms with Crippen LogP contribution in [0.25, 0.3) is 0 Å². The fourth-order valence-electron chi connectivity index (χ4n) is 1.37. The third kappa shape index (κ3) is 5.46. The Morgan fingerprint density at radius 1 is 1.61 bits per heavy atom. The molecule has 0 aliphatic carbocycles. The maximum Gasteiger partial charge on any atom is 0.171 e. The average Bonchev–Trinajstić information content (AvgIpc) is 2.80. The van der Waals surface area contributed by atoms with Gasteiger partial charge in [-0.25, -0.2) is 0 Å². The van der Waals surface area contributed by atoms with Gasteiger partial charge >= 0.3 is 0 Å². The molecular weight excluding hydrogens is 246 g/mol. The zero-order valence-corrected chi connectivity index (χ0v) is 11.0. The van der Waals surface area contributed by atoms with Gasteiger partial charge < -0.3 is 10.6 Å². The zero-order valence-electron chi connectivity index (χ0n) is 10.2. The standard InChI is InChI=1S/C12H17N5S/c1-2-7-14-12(18)16-11-9-15-17(10-11)8-5-3-4-6-13/h2,9-10H,1,3-5,7-8H2,(H2,14,16,18). The van der Waals surface area contributed by atoms with Crippen LogP contribution < -0.4 is 10.6 Å². The number of aromatic nitrogens is 2. The Balaban J connectivity index is 2.31. The summed E-state index contributed by atoms with van der Waals surface area (Å²) in [4.78, 5) is 0. The normalized spacial score (nSPS) is 9.50. The maximum atomic E-state index is 8.43. The minimum absolute atomic E-state index is 0.555. The van der Waals surface area contributed by atoms with Crippen molar-refractivity contribution >= 4 is 23.0 Å². The molecule has 0 spiro atoms. The Labute approximate surface area is 112 Å². The molecule has 1 heterocycles. The number of nitrogens with one attached hydrogen (secondary N) is 2. The third-order valence-electron chi connectivity index (χ3n) is 2.22. The predicted octanol–water partition coefficient (Wildman–Crippen LogP) is 2.05. The SMILES string of the molecule is C=CCNC(=S)Nc1cnn(CCCCC#N)c1. The van der Waals surface area contributed by atoms with E-state index >= 15 is 0 Å². The van der Waals surface area contributed by atoms with Crippen LogP contribution in [0.2, 0.25) is 0 Å². The molecule has 6 heteroatoms. The molecule has 96 valence electrons. The van der Waals surface area contributed by atoms with E-state index in [1.807, 2.05) is 10.9 Å². The molecule has 0 amide bonds. The lowest BCUT2D eigenvalue weighted by atomic mass is 10.2. The van der Waals surface area contributed by atoms with Gasteiger partial charge in [-0.15, -0.1) is 6.58 Å². The van der Waals surface area contributed by atoms with E-state index in [1.165, 1.54) is 0 Å². The van der Waals surface area contributed by atoms with E-state index in [0.717, 1.165) is 25.1 Å². The average molecular weight is 263 g/mol. The first-order valence-corrected chi connectivity index (χ1v) is 6.22. The Morgan fingerprint density at radius 3 is 3.17 bits per heavy atom. The number of anilines is 1. The number of unbranched alkanes of at least 4 members (excludes halogenated alkanes) is 2. The Morgan fingerprint density at radius 2 is 2.44 bits per heavy atom. The van der Waals surface area contributed by atoms with Crippen molar-refractivity contribution in [2.24, 2.45) is 0 Å². The second-order valence-electron chi connectivity index (χ2n) is 3.73. The van der Waals surface area contributed by atoms with E-state index < -0.39 is 0 Å². The highest BCUT2D eigenvalue weighted by Gasteiger charge is 2.00. The van der Waals surface area contributed by atoms with E-state index in [4.69, 9.17) is 17.5 Å². The van der Waals surface area contributed by atoms with Crippen LogP contribution in [0, 0.1) is 11.3 Å². The number of nitrogens with zero attached hydrogens (tertiary/aromatic N) is 3. The van der Waals surface area contributed by atoms with Crippen molar-refractivity contribution in [3.05, 3.63) is 25.0 Å². The van der Waals surface area contributed by atoms with Crippen LogP contribution in [0.4, 0.5) is 5.69 Å². The van der Waals surface area contributed by atoms with E-state index in [-0.39, 0.29) is 0 Å². The molecule has 0 unspecified atom stereocenters. The Bertz CT molecular complexity index is 432. The van der Waals surface area contributed by atoms with Crippen LogP contribution >= 0.6 is 12.2 Å². The molecule has 0 radical (unpaired) electrons. The monoisotopic (exact) mass is 263 g/mol. The van der Waals surface area contributed by atoms with E-state index in [2.05, 4.69) is 28.4 Å². The van der Waals surface area contributed by atoms with Gasteiger partial charge in [0.1, 0.15) is 0 Å². The molecule has 1 aromatic rings. The van der Waals surface area contributed by atoms with Crippen LogP contribution in [0.3, 0.4) is 0 Å². The topological polar surface area (TPSA) is 65.7 Å². The first-order chi connectivity index (χ1) is 8.76. The Hall–Kier alpha value is -1.87. The second-order valence-corrected chi connectivity index (χ2v) is 4.14.